The monoisotopic (exact) mass is 423 g/mol. The molecule has 31 heavy (non-hydrogen) atoms. The minimum atomic E-state index is -0.968. The molecule has 0 fully saturated rings. The van der Waals surface area contributed by atoms with Gasteiger partial charge in [0.1, 0.15) is 5.69 Å². The van der Waals surface area contributed by atoms with Gasteiger partial charge in [-0.25, -0.2) is 0 Å². The molecule has 4 rings (SSSR count). The van der Waals surface area contributed by atoms with Crippen molar-refractivity contribution in [3.63, 3.8) is 0 Å². The Morgan fingerprint density at radius 3 is 2.06 bits per heavy atom. The number of hydrogen-bond acceptors (Lipinski definition) is 9. The van der Waals surface area contributed by atoms with E-state index >= 15 is 0 Å². The van der Waals surface area contributed by atoms with Crippen LogP contribution in [0.2, 0.25) is 0 Å². The van der Waals surface area contributed by atoms with Crippen LogP contribution in [0.25, 0.3) is 10.8 Å². The Labute approximate surface area is 170 Å². The van der Waals surface area contributed by atoms with E-state index in [1.807, 2.05) is 0 Å². The van der Waals surface area contributed by atoms with Crippen LogP contribution in [-0.4, -0.2) is 31.6 Å². The minimum Gasteiger partial charge on any atom is -0.282 e. The highest BCUT2D eigenvalue weighted by atomic mass is 16.6. The van der Waals surface area contributed by atoms with Gasteiger partial charge in [-0.2, -0.15) is 5.01 Å². The average molecular weight is 423 g/mol. The second-order valence-corrected chi connectivity index (χ2v) is 6.43. The maximum absolute atomic E-state index is 13.0. The Bertz CT molecular complexity index is 1350. The molecule has 0 saturated carbocycles. The number of hydrazine groups is 1. The summed E-state index contributed by atoms with van der Waals surface area (Å²) in [5, 5.41) is 34.5. The number of anilines is 1. The molecule has 0 aromatic heterocycles. The van der Waals surface area contributed by atoms with E-state index in [0.29, 0.717) is 16.5 Å². The smallest absolute Gasteiger partial charge is 0.282 e. The van der Waals surface area contributed by atoms with Gasteiger partial charge in [-0.1, -0.05) is 12.1 Å². The molecule has 0 bridgehead atoms. The van der Waals surface area contributed by atoms with Gasteiger partial charge < -0.3 is 0 Å². The topological polar surface area (TPSA) is 179 Å². The van der Waals surface area contributed by atoms with Crippen LogP contribution in [0.4, 0.5) is 22.7 Å². The molecule has 3 aromatic rings. The molecule has 1 heterocycles. The molecular weight excluding hydrogens is 414 g/mol. The largest absolute Gasteiger partial charge is 0.300 e. The van der Waals surface area contributed by atoms with Crippen LogP contribution in [0.3, 0.4) is 0 Å². The maximum atomic E-state index is 13.0. The first-order valence-electron chi connectivity index (χ1n) is 8.48. The zero-order valence-electron chi connectivity index (χ0n) is 15.2. The lowest BCUT2D eigenvalue weighted by molar-refractivity contribution is -0.393. The standard InChI is InChI=1S/C18H9N5O8/c24-17-12-3-1-2-9-6-11(22(28)29)7-13(16(9)12)18(25)20(17)19-14-5-4-10(21(26)27)8-15(14)23(30)31/h1-8,19H. The molecule has 2 amide bonds. The van der Waals surface area contributed by atoms with E-state index < -0.39 is 38.0 Å². The molecule has 154 valence electrons. The predicted molar refractivity (Wildman–Crippen MR) is 104 cm³/mol. The van der Waals surface area contributed by atoms with Gasteiger partial charge in [0.25, 0.3) is 23.2 Å². The number of rotatable bonds is 5. The molecule has 3 aromatic carbocycles. The Morgan fingerprint density at radius 2 is 1.42 bits per heavy atom. The summed E-state index contributed by atoms with van der Waals surface area (Å²) in [7, 11) is 0. The normalized spacial score (nSPS) is 12.7. The molecule has 1 aliphatic rings. The van der Waals surface area contributed by atoms with Crippen molar-refractivity contribution in [3.8, 4) is 0 Å². The molecule has 13 nitrogen and oxygen atoms in total. The third-order valence-corrected chi connectivity index (χ3v) is 4.66. The van der Waals surface area contributed by atoms with Gasteiger partial charge in [0.15, 0.2) is 0 Å². The van der Waals surface area contributed by atoms with E-state index in [2.05, 4.69) is 5.43 Å². The number of hydrogen-bond donors (Lipinski definition) is 1. The number of nitro groups is 3. The second kappa shape index (κ2) is 6.84. The highest BCUT2D eigenvalue weighted by Gasteiger charge is 2.36. The molecule has 13 heteroatoms. The highest BCUT2D eigenvalue weighted by molar-refractivity contribution is 6.26. The Balaban J connectivity index is 1.84. The molecule has 1 N–H and O–H groups in total. The van der Waals surface area contributed by atoms with Crippen molar-refractivity contribution in [2.24, 2.45) is 0 Å². The number of benzene rings is 3. The zero-order chi connectivity index (χ0) is 22.4. The van der Waals surface area contributed by atoms with E-state index in [4.69, 9.17) is 0 Å². The molecular formula is C18H9N5O8. The number of amides is 2. The number of nitro benzene ring substituents is 3. The summed E-state index contributed by atoms with van der Waals surface area (Å²) in [5.74, 6) is -1.81. The first kappa shape index (κ1) is 19.4. The summed E-state index contributed by atoms with van der Waals surface area (Å²) >= 11 is 0. The van der Waals surface area contributed by atoms with Gasteiger partial charge in [0.05, 0.1) is 32.0 Å². The number of nitrogens with one attached hydrogen (secondary N) is 1. The molecule has 0 aliphatic carbocycles. The van der Waals surface area contributed by atoms with Crippen molar-refractivity contribution < 1.29 is 24.4 Å². The summed E-state index contributed by atoms with van der Waals surface area (Å²) in [6.07, 6.45) is 0. The third kappa shape index (κ3) is 3.05. The van der Waals surface area contributed by atoms with E-state index in [1.54, 1.807) is 0 Å². The van der Waals surface area contributed by atoms with E-state index in [0.717, 1.165) is 18.2 Å². The number of nitrogens with zero attached hydrogens (tertiary/aromatic N) is 4. The first-order chi connectivity index (χ1) is 14.7. The zero-order valence-corrected chi connectivity index (χ0v) is 15.2. The van der Waals surface area contributed by atoms with Gasteiger partial charge in [0, 0.05) is 23.6 Å². The number of imide groups is 1. The van der Waals surface area contributed by atoms with Crippen molar-refractivity contribution in [2.75, 3.05) is 5.43 Å². The van der Waals surface area contributed by atoms with E-state index in [1.165, 1.54) is 24.3 Å². The van der Waals surface area contributed by atoms with Crippen LogP contribution in [0.15, 0.2) is 48.5 Å². The fraction of sp³-hybridized carbons (Fsp3) is 0. The molecule has 0 saturated heterocycles. The van der Waals surface area contributed by atoms with Crippen LogP contribution < -0.4 is 5.43 Å². The van der Waals surface area contributed by atoms with E-state index in [-0.39, 0.29) is 27.9 Å². The number of non-ortho nitro benzene ring substituents is 2. The summed E-state index contributed by atoms with van der Waals surface area (Å²) in [5.41, 5.74) is 0.227. The van der Waals surface area contributed by atoms with Crippen LogP contribution in [-0.2, 0) is 0 Å². The third-order valence-electron chi connectivity index (χ3n) is 4.66. The molecule has 0 unspecified atom stereocenters. The fourth-order valence-electron chi connectivity index (χ4n) is 3.30. The van der Waals surface area contributed by atoms with Crippen molar-refractivity contribution in [1.82, 2.24) is 5.01 Å². The summed E-state index contributed by atoms with van der Waals surface area (Å²) in [6.45, 7) is 0. The molecule has 0 radical (unpaired) electrons. The van der Waals surface area contributed by atoms with Gasteiger partial charge in [-0.05, 0) is 17.5 Å². The number of carbonyl (C=O) groups is 2. The van der Waals surface area contributed by atoms with Gasteiger partial charge in [-0.3, -0.25) is 45.4 Å². The van der Waals surface area contributed by atoms with Crippen molar-refractivity contribution in [3.05, 3.63) is 90.0 Å². The SMILES string of the molecule is O=C1c2cccc3cc([N+](=O)[O-])cc(c23)C(=O)N1Nc1ccc([N+](=O)[O-])cc1[N+](=O)[O-]. The minimum absolute atomic E-state index is 0.0547. The van der Waals surface area contributed by atoms with Crippen LogP contribution in [0.1, 0.15) is 20.7 Å². The van der Waals surface area contributed by atoms with Crippen molar-refractivity contribution in [2.45, 2.75) is 0 Å². The Morgan fingerprint density at radius 1 is 0.742 bits per heavy atom. The van der Waals surface area contributed by atoms with Crippen LogP contribution >= 0.6 is 0 Å². The lowest BCUT2D eigenvalue weighted by atomic mass is 9.94. The lowest BCUT2D eigenvalue weighted by Crippen LogP contribution is -2.44. The average Bonchev–Trinajstić information content (AvgIpc) is 2.74. The summed E-state index contributed by atoms with van der Waals surface area (Å²) < 4.78 is 0. The van der Waals surface area contributed by atoms with Gasteiger partial charge >= 0.3 is 5.69 Å². The van der Waals surface area contributed by atoms with Crippen molar-refractivity contribution >= 4 is 45.3 Å². The maximum Gasteiger partial charge on any atom is 0.300 e. The Hall–Kier alpha value is -4.94. The molecule has 0 spiro atoms. The molecule has 1 aliphatic heterocycles. The van der Waals surface area contributed by atoms with E-state index in [9.17, 15) is 39.9 Å². The second-order valence-electron chi connectivity index (χ2n) is 6.43. The number of carbonyl (C=O) groups excluding carboxylic acids is 2. The van der Waals surface area contributed by atoms with Gasteiger partial charge in [0.2, 0.25) is 0 Å². The first-order valence-corrected chi connectivity index (χ1v) is 8.48. The van der Waals surface area contributed by atoms with Crippen LogP contribution in [0.5, 0.6) is 0 Å². The summed E-state index contributed by atoms with van der Waals surface area (Å²) in [6, 6.07) is 9.28. The quantitative estimate of drug-likeness (QED) is 0.366. The van der Waals surface area contributed by atoms with Gasteiger partial charge in [-0.15, -0.1) is 0 Å². The van der Waals surface area contributed by atoms with Crippen molar-refractivity contribution in [1.29, 1.82) is 0 Å². The predicted octanol–water partition coefficient (Wildman–Crippen LogP) is 3.19. The van der Waals surface area contributed by atoms with Crippen LogP contribution in [0, 0.1) is 30.3 Å². The fourth-order valence-corrected chi connectivity index (χ4v) is 3.30. The Kier molecular flexibility index (Phi) is 4.27. The lowest BCUT2D eigenvalue weighted by Gasteiger charge is -2.27. The summed E-state index contributed by atoms with van der Waals surface area (Å²) in [4.78, 5) is 57.0. The molecule has 0 atom stereocenters. The highest BCUT2D eigenvalue weighted by Crippen LogP contribution is 2.35.